The van der Waals surface area contributed by atoms with Gasteiger partial charge in [-0.3, -0.25) is 9.69 Å². The van der Waals surface area contributed by atoms with E-state index in [1.165, 1.54) is 11.3 Å². The number of nitrogens with zero attached hydrogens (tertiary/aromatic N) is 4. The molecule has 3 heterocycles. The van der Waals surface area contributed by atoms with Crippen molar-refractivity contribution in [3.63, 3.8) is 0 Å². The van der Waals surface area contributed by atoms with Crippen LogP contribution in [0.3, 0.4) is 0 Å². The fourth-order valence-corrected chi connectivity index (χ4v) is 3.42. The van der Waals surface area contributed by atoms with Gasteiger partial charge in [0.1, 0.15) is 0 Å². The van der Waals surface area contributed by atoms with Crippen molar-refractivity contribution < 1.29 is 9.32 Å². The molecule has 1 saturated heterocycles. The summed E-state index contributed by atoms with van der Waals surface area (Å²) in [5.41, 5.74) is -0.118. The minimum atomic E-state index is -0.118. The predicted octanol–water partition coefficient (Wildman–Crippen LogP) is 2.95. The molecule has 130 valence electrons. The molecular formula is C17H24N4O2S. The van der Waals surface area contributed by atoms with E-state index in [4.69, 9.17) is 4.52 Å². The van der Waals surface area contributed by atoms with E-state index in [9.17, 15) is 4.79 Å². The van der Waals surface area contributed by atoms with Crippen LogP contribution in [0.4, 0.5) is 0 Å². The Labute approximate surface area is 146 Å². The van der Waals surface area contributed by atoms with Gasteiger partial charge in [0.15, 0.2) is 5.82 Å². The number of carbonyl (C=O) groups is 1. The first-order chi connectivity index (χ1) is 11.4. The fraction of sp³-hybridized carbons (Fsp3) is 0.588. The third kappa shape index (κ3) is 3.52. The second-order valence-corrected chi connectivity index (χ2v) is 8.14. The van der Waals surface area contributed by atoms with Crippen molar-refractivity contribution in [3.8, 4) is 0 Å². The lowest BCUT2D eigenvalue weighted by molar-refractivity contribution is 0.0556. The Morgan fingerprint density at radius 2 is 2.00 bits per heavy atom. The Morgan fingerprint density at radius 1 is 1.29 bits per heavy atom. The summed E-state index contributed by atoms with van der Waals surface area (Å²) in [7, 11) is 0. The van der Waals surface area contributed by atoms with Gasteiger partial charge >= 0.3 is 0 Å². The molecular weight excluding hydrogens is 324 g/mol. The standard InChI is InChI=1S/C17H24N4O2S/c1-12(14-18-16(19-23-14)17(2,3)4)20-7-9-21(10-8-20)15(22)13-6-5-11-24-13/h5-6,11-12H,7-10H2,1-4H3/t12-/m1/s1. The van der Waals surface area contributed by atoms with E-state index in [0.717, 1.165) is 36.9 Å². The van der Waals surface area contributed by atoms with Gasteiger partial charge in [0, 0.05) is 31.6 Å². The van der Waals surface area contributed by atoms with Crippen LogP contribution in [0.15, 0.2) is 22.0 Å². The first-order valence-electron chi connectivity index (χ1n) is 8.27. The average Bonchev–Trinajstić information content (AvgIpc) is 3.24. The van der Waals surface area contributed by atoms with Crippen LogP contribution in [-0.4, -0.2) is 52.0 Å². The van der Waals surface area contributed by atoms with Crippen LogP contribution in [0.1, 0.15) is 55.1 Å². The topological polar surface area (TPSA) is 62.5 Å². The van der Waals surface area contributed by atoms with E-state index in [1.807, 2.05) is 22.4 Å². The molecule has 0 spiro atoms. The highest BCUT2D eigenvalue weighted by molar-refractivity contribution is 7.12. The molecule has 0 aromatic carbocycles. The Hall–Kier alpha value is -1.73. The predicted molar refractivity (Wildman–Crippen MR) is 93.2 cm³/mol. The largest absolute Gasteiger partial charge is 0.338 e. The molecule has 24 heavy (non-hydrogen) atoms. The number of amides is 1. The molecule has 0 saturated carbocycles. The molecule has 2 aromatic heterocycles. The smallest absolute Gasteiger partial charge is 0.264 e. The normalized spacial score (nSPS) is 17.9. The molecule has 0 unspecified atom stereocenters. The summed E-state index contributed by atoms with van der Waals surface area (Å²) in [6.45, 7) is 11.4. The summed E-state index contributed by atoms with van der Waals surface area (Å²) in [6.07, 6.45) is 0. The van der Waals surface area contributed by atoms with Crippen LogP contribution >= 0.6 is 11.3 Å². The molecule has 0 N–H and O–H groups in total. The summed E-state index contributed by atoms with van der Waals surface area (Å²) in [5, 5.41) is 6.04. The molecule has 0 radical (unpaired) electrons. The third-order valence-corrected chi connectivity index (χ3v) is 5.21. The van der Waals surface area contributed by atoms with Crippen LogP contribution < -0.4 is 0 Å². The Balaban J connectivity index is 1.60. The molecule has 0 aliphatic carbocycles. The van der Waals surface area contributed by atoms with Gasteiger partial charge in [-0.15, -0.1) is 11.3 Å². The lowest BCUT2D eigenvalue weighted by Gasteiger charge is -2.36. The van der Waals surface area contributed by atoms with Crippen molar-refractivity contribution in [2.75, 3.05) is 26.2 Å². The number of hydrogen-bond acceptors (Lipinski definition) is 6. The van der Waals surface area contributed by atoms with Gasteiger partial charge in [-0.25, -0.2) is 0 Å². The summed E-state index contributed by atoms with van der Waals surface area (Å²) in [5.74, 6) is 1.51. The number of hydrogen-bond donors (Lipinski definition) is 0. The van der Waals surface area contributed by atoms with E-state index >= 15 is 0 Å². The van der Waals surface area contributed by atoms with E-state index in [1.54, 1.807) is 0 Å². The zero-order chi connectivity index (χ0) is 17.3. The second kappa shape index (κ2) is 6.64. The second-order valence-electron chi connectivity index (χ2n) is 7.19. The van der Waals surface area contributed by atoms with E-state index in [0.29, 0.717) is 5.89 Å². The van der Waals surface area contributed by atoms with Gasteiger partial charge in [0.2, 0.25) is 5.89 Å². The van der Waals surface area contributed by atoms with Gasteiger partial charge in [0.05, 0.1) is 10.9 Å². The maximum absolute atomic E-state index is 12.4. The maximum atomic E-state index is 12.4. The van der Waals surface area contributed by atoms with Crippen molar-refractivity contribution in [2.24, 2.45) is 0 Å². The molecule has 1 fully saturated rings. The molecule has 2 aromatic rings. The average molecular weight is 348 g/mol. The van der Waals surface area contributed by atoms with Crippen molar-refractivity contribution >= 4 is 17.2 Å². The monoisotopic (exact) mass is 348 g/mol. The summed E-state index contributed by atoms with van der Waals surface area (Å²) in [4.78, 5) is 22.0. The third-order valence-electron chi connectivity index (χ3n) is 4.35. The molecule has 7 heteroatoms. The SMILES string of the molecule is C[C@H](c1nc(C(C)(C)C)no1)N1CCN(C(=O)c2cccs2)CC1. The van der Waals surface area contributed by atoms with Gasteiger partial charge in [-0.2, -0.15) is 4.98 Å². The molecule has 1 amide bonds. The number of piperazine rings is 1. The Morgan fingerprint density at radius 3 is 2.54 bits per heavy atom. The van der Waals surface area contributed by atoms with Crippen LogP contribution in [0, 0.1) is 0 Å². The lowest BCUT2D eigenvalue weighted by Crippen LogP contribution is -2.49. The zero-order valence-corrected chi connectivity index (χ0v) is 15.5. The van der Waals surface area contributed by atoms with Crippen LogP contribution in [0.2, 0.25) is 0 Å². The number of aromatic nitrogens is 2. The Kier molecular flexibility index (Phi) is 4.73. The first-order valence-corrected chi connectivity index (χ1v) is 9.15. The molecule has 1 aliphatic heterocycles. The Bertz CT molecular complexity index is 682. The van der Waals surface area contributed by atoms with Crippen molar-refractivity contribution in [2.45, 2.75) is 39.2 Å². The van der Waals surface area contributed by atoms with Crippen molar-refractivity contribution in [3.05, 3.63) is 34.1 Å². The maximum Gasteiger partial charge on any atom is 0.264 e. The van der Waals surface area contributed by atoms with Gasteiger partial charge < -0.3 is 9.42 Å². The van der Waals surface area contributed by atoms with Crippen molar-refractivity contribution in [1.82, 2.24) is 19.9 Å². The van der Waals surface area contributed by atoms with Crippen LogP contribution in [0.25, 0.3) is 0 Å². The van der Waals surface area contributed by atoms with E-state index in [-0.39, 0.29) is 17.4 Å². The quantitative estimate of drug-likeness (QED) is 0.853. The van der Waals surface area contributed by atoms with Crippen molar-refractivity contribution in [1.29, 1.82) is 0 Å². The highest BCUT2D eigenvalue weighted by Crippen LogP contribution is 2.25. The van der Waals surface area contributed by atoms with Gasteiger partial charge in [-0.05, 0) is 18.4 Å². The first kappa shape index (κ1) is 17.1. The van der Waals surface area contributed by atoms with E-state index < -0.39 is 0 Å². The fourth-order valence-electron chi connectivity index (χ4n) is 2.73. The molecule has 0 bridgehead atoms. The minimum Gasteiger partial charge on any atom is -0.338 e. The number of rotatable bonds is 3. The molecule has 1 atom stereocenters. The molecule has 6 nitrogen and oxygen atoms in total. The zero-order valence-electron chi connectivity index (χ0n) is 14.7. The summed E-state index contributed by atoms with van der Waals surface area (Å²) in [6, 6.07) is 3.86. The van der Waals surface area contributed by atoms with Crippen LogP contribution in [0.5, 0.6) is 0 Å². The van der Waals surface area contributed by atoms with E-state index in [2.05, 4.69) is 42.7 Å². The lowest BCUT2D eigenvalue weighted by atomic mass is 9.96. The van der Waals surface area contributed by atoms with Gasteiger partial charge in [-0.1, -0.05) is 32.0 Å². The number of thiophene rings is 1. The van der Waals surface area contributed by atoms with Crippen LogP contribution in [-0.2, 0) is 5.41 Å². The molecule has 1 aliphatic rings. The highest BCUT2D eigenvalue weighted by Gasteiger charge is 2.29. The summed E-state index contributed by atoms with van der Waals surface area (Å²) >= 11 is 1.50. The highest BCUT2D eigenvalue weighted by atomic mass is 32.1. The van der Waals surface area contributed by atoms with Gasteiger partial charge in [0.25, 0.3) is 5.91 Å². The minimum absolute atomic E-state index is 0.0626. The number of carbonyl (C=O) groups excluding carboxylic acids is 1. The molecule has 3 rings (SSSR count). The summed E-state index contributed by atoms with van der Waals surface area (Å²) < 4.78 is 5.46.